The molecule has 3 heteroatoms. The second-order valence-corrected chi connectivity index (χ2v) is 3.92. The van der Waals surface area contributed by atoms with Crippen molar-refractivity contribution in [3.05, 3.63) is 65.5 Å². The predicted octanol–water partition coefficient (Wildman–Crippen LogP) is 2.61. The smallest absolute Gasteiger partial charge is 0.0933 e. The van der Waals surface area contributed by atoms with Gasteiger partial charge in [-0.15, -0.1) is 0 Å². The lowest BCUT2D eigenvalue weighted by Crippen LogP contribution is -2.14. The van der Waals surface area contributed by atoms with Crippen LogP contribution >= 0.6 is 0 Å². The van der Waals surface area contributed by atoms with Gasteiger partial charge >= 0.3 is 0 Å². The van der Waals surface area contributed by atoms with Crippen LogP contribution in [0, 0.1) is 6.92 Å². The molecule has 0 aliphatic heterocycles. The first-order chi connectivity index (χ1) is 8.34. The molecule has 0 fully saturated rings. The number of pyridine rings is 1. The zero-order valence-corrected chi connectivity index (χ0v) is 9.89. The quantitative estimate of drug-likeness (QED) is 0.631. The summed E-state index contributed by atoms with van der Waals surface area (Å²) in [6.45, 7) is 3.20. The van der Waals surface area contributed by atoms with Crippen LogP contribution < -0.4 is 5.48 Å². The summed E-state index contributed by atoms with van der Waals surface area (Å²) in [7, 11) is 0. The van der Waals surface area contributed by atoms with Gasteiger partial charge in [0.15, 0.2) is 0 Å². The Morgan fingerprint density at radius 3 is 2.65 bits per heavy atom. The Bertz CT molecular complexity index is 440. The highest BCUT2D eigenvalue weighted by molar-refractivity contribution is 5.13. The van der Waals surface area contributed by atoms with E-state index in [-0.39, 0.29) is 0 Å². The van der Waals surface area contributed by atoms with Gasteiger partial charge in [-0.1, -0.05) is 36.4 Å². The molecule has 1 N–H and O–H groups in total. The molecule has 0 atom stereocenters. The Morgan fingerprint density at radius 2 is 1.94 bits per heavy atom. The van der Waals surface area contributed by atoms with Gasteiger partial charge < -0.3 is 0 Å². The number of rotatable bonds is 5. The summed E-state index contributed by atoms with van der Waals surface area (Å²) >= 11 is 0. The molecule has 1 heterocycles. The summed E-state index contributed by atoms with van der Waals surface area (Å²) < 4.78 is 0. The third kappa shape index (κ3) is 3.98. The van der Waals surface area contributed by atoms with Crippen LogP contribution in [0.2, 0.25) is 0 Å². The van der Waals surface area contributed by atoms with E-state index in [4.69, 9.17) is 4.84 Å². The largest absolute Gasteiger partial charge is 0.297 e. The van der Waals surface area contributed by atoms with Crippen molar-refractivity contribution >= 4 is 0 Å². The van der Waals surface area contributed by atoms with Crippen LogP contribution in [0.3, 0.4) is 0 Å². The van der Waals surface area contributed by atoms with E-state index >= 15 is 0 Å². The molecule has 0 aliphatic carbocycles. The standard InChI is InChI=1S/C14H16N2O/c1-12-7-8-14(15-9-12)10-16-17-11-13-5-3-2-4-6-13/h2-9,16H,10-11H2,1H3. The Labute approximate surface area is 101 Å². The Morgan fingerprint density at radius 1 is 1.12 bits per heavy atom. The molecule has 0 amide bonds. The first kappa shape index (κ1) is 11.8. The first-order valence-corrected chi connectivity index (χ1v) is 5.65. The van der Waals surface area contributed by atoms with Crippen molar-refractivity contribution in [2.45, 2.75) is 20.1 Å². The lowest BCUT2D eigenvalue weighted by molar-refractivity contribution is 0.0228. The average Bonchev–Trinajstić information content (AvgIpc) is 2.38. The van der Waals surface area contributed by atoms with Crippen LogP contribution in [0.25, 0.3) is 0 Å². The van der Waals surface area contributed by atoms with Crippen molar-refractivity contribution in [1.29, 1.82) is 0 Å². The number of hydroxylamine groups is 1. The van der Waals surface area contributed by atoms with Crippen molar-refractivity contribution in [3.8, 4) is 0 Å². The van der Waals surface area contributed by atoms with Gasteiger partial charge in [0.05, 0.1) is 18.8 Å². The van der Waals surface area contributed by atoms with Crippen molar-refractivity contribution in [1.82, 2.24) is 10.5 Å². The monoisotopic (exact) mass is 228 g/mol. The average molecular weight is 228 g/mol. The molecule has 0 aliphatic rings. The fourth-order valence-electron chi connectivity index (χ4n) is 1.44. The maximum Gasteiger partial charge on any atom is 0.0933 e. The maximum absolute atomic E-state index is 5.36. The minimum atomic E-state index is 0.562. The van der Waals surface area contributed by atoms with Crippen LogP contribution in [0.1, 0.15) is 16.8 Å². The number of benzene rings is 1. The van der Waals surface area contributed by atoms with E-state index in [1.54, 1.807) is 0 Å². The highest BCUT2D eigenvalue weighted by Crippen LogP contribution is 2.00. The molecule has 0 saturated carbocycles. The molecule has 0 spiro atoms. The van der Waals surface area contributed by atoms with Gasteiger partial charge in [0.1, 0.15) is 0 Å². The van der Waals surface area contributed by atoms with Gasteiger partial charge in [0, 0.05) is 6.20 Å². The number of hydrogen-bond donors (Lipinski definition) is 1. The molecule has 88 valence electrons. The molecular formula is C14H16N2O. The Hall–Kier alpha value is -1.71. The lowest BCUT2D eigenvalue weighted by atomic mass is 10.2. The zero-order chi connectivity index (χ0) is 11.9. The predicted molar refractivity (Wildman–Crippen MR) is 67.0 cm³/mol. The van der Waals surface area contributed by atoms with E-state index in [9.17, 15) is 0 Å². The van der Waals surface area contributed by atoms with Gasteiger partial charge in [-0.2, -0.15) is 5.48 Å². The highest BCUT2D eigenvalue weighted by Gasteiger charge is 1.94. The molecule has 1 aromatic carbocycles. The van der Waals surface area contributed by atoms with E-state index in [0.717, 1.165) is 11.3 Å². The summed E-state index contributed by atoms with van der Waals surface area (Å²) in [4.78, 5) is 9.64. The minimum absolute atomic E-state index is 0.562. The van der Waals surface area contributed by atoms with Crippen molar-refractivity contribution in [3.63, 3.8) is 0 Å². The van der Waals surface area contributed by atoms with E-state index in [0.29, 0.717) is 13.2 Å². The van der Waals surface area contributed by atoms with Crippen LogP contribution in [-0.4, -0.2) is 4.98 Å². The van der Waals surface area contributed by atoms with Gasteiger partial charge in [-0.25, -0.2) is 0 Å². The molecule has 0 bridgehead atoms. The number of hydrogen-bond acceptors (Lipinski definition) is 3. The topological polar surface area (TPSA) is 34.1 Å². The molecule has 2 rings (SSSR count). The molecule has 0 unspecified atom stereocenters. The van der Waals surface area contributed by atoms with E-state index in [1.807, 2.05) is 55.6 Å². The SMILES string of the molecule is Cc1ccc(CNOCc2ccccc2)nc1. The summed E-state index contributed by atoms with van der Waals surface area (Å²) in [5.74, 6) is 0. The van der Waals surface area contributed by atoms with Crippen molar-refractivity contribution < 1.29 is 4.84 Å². The summed E-state index contributed by atoms with van der Waals surface area (Å²) in [6, 6.07) is 14.1. The second-order valence-electron chi connectivity index (χ2n) is 3.92. The molecule has 2 aromatic rings. The van der Waals surface area contributed by atoms with Gasteiger partial charge in [0.2, 0.25) is 0 Å². The van der Waals surface area contributed by atoms with E-state index < -0.39 is 0 Å². The number of aromatic nitrogens is 1. The van der Waals surface area contributed by atoms with Gasteiger partial charge in [-0.05, 0) is 24.1 Å². The van der Waals surface area contributed by atoms with Crippen LogP contribution in [0.5, 0.6) is 0 Å². The highest BCUT2D eigenvalue weighted by atomic mass is 16.6. The molecule has 0 saturated heterocycles. The minimum Gasteiger partial charge on any atom is -0.297 e. The summed E-state index contributed by atoms with van der Waals surface area (Å²) in [5.41, 5.74) is 6.20. The molecule has 0 radical (unpaired) electrons. The van der Waals surface area contributed by atoms with Crippen molar-refractivity contribution in [2.75, 3.05) is 0 Å². The number of aryl methyl sites for hydroxylation is 1. The fourth-order valence-corrected chi connectivity index (χ4v) is 1.44. The third-order valence-corrected chi connectivity index (χ3v) is 2.41. The number of nitrogens with one attached hydrogen (secondary N) is 1. The summed E-state index contributed by atoms with van der Waals surface area (Å²) in [6.07, 6.45) is 1.86. The van der Waals surface area contributed by atoms with Crippen LogP contribution in [-0.2, 0) is 18.0 Å². The zero-order valence-electron chi connectivity index (χ0n) is 9.89. The van der Waals surface area contributed by atoms with E-state index in [2.05, 4.69) is 10.5 Å². The van der Waals surface area contributed by atoms with Gasteiger partial charge in [-0.3, -0.25) is 9.82 Å². The molecular weight excluding hydrogens is 212 g/mol. The Kier molecular flexibility index (Phi) is 4.24. The van der Waals surface area contributed by atoms with Crippen LogP contribution in [0.4, 0.5) is 0 Å². The second kappa shape index (κ2) is 6.13. The fraction of sp³-hybridized carbons (Fsp3) is 0.214. The molecule has 1 aromatic heterocycles. The van der Waals surface area contributed by atoms with E-state index in [1.165, 1.54) is 5.56 Å². The Balaban J connectivity index is 1.71. The van der Waals surface area contributed by atoms with Crippen LogP contribution in [0.15, 0.2) is 48.7 Å². The molecule has 3 nitrogen and oxygen atoms in total. The molecule has 17 heavy (non-hydrogen) atoms. The van der Waals surface area contributed by atoms with Gasteiger partial charge in [0.25, 0.3) is 0 Å². The normalized spacial score (nSPS) is 10.4. The first-order valence-electron chi connectivity index (χ1n) is 5.65. The van der Waals surface area contributed by atoms with Crippen molar-refractivity contribution in [2.24, 2.45) is 0 Å². The summed E-state index contributed by atoms with van der Waals surface area (Å²) in [5, 5.41) is 0. The maximum atomic E-state index is 5.36. The number of nitrogens with zero attached hydrogens (tertiary/aromatic N) is 1. The lowest BCUT2D eigenvalue weighted by Gasteiger charge is -2.05. The third-order valence-electron chi connectivity index (χ3n) is 2.41.